The molecule has 0 fully saturated rings. The van der Waals surface area contributed by atoms with Gasteiger partial charge in [-0.15, -0.1) is 0 Å². The molecule has 0 N–H and O–H groups in total. The Labute approximate surface area is 159 Å². The number of aryl methyl sites for hydroxylation is 1. The topological polar surface area (TPSA) is 52.7 Å². The van der Waals surface area contributed by atoms with Gasteiger partial charge in [-0.25, -0.2) is 14.4 Å². The Hall–Kier alpha value is -3.80. The molecule has 3 heterocycles. The van der Waals surface area contributed by atoms with Gasteiger partial charge in [-0.3, -0.25) is 13.9 Å². The molecule has 136 valence electrons. The van der Waals surface area contributed by atoms with Gasteiger partial charge >= 0.3 is 0 Å². The molecule has 6 heteroatoms. The number of imidazole rings is 1. The van der Waals surface area contributed by atoms with E-state index < -0.39 is 0 Å². The molecule has 0 saturated heterocycles. The van der Waals surface area contributed by atoms with E-state index in [1.54, 1.807) is 27.5 Å². The quantitative estimate of drug-likeness (QED) is 0.469. The van der Waals surface area contributed by atoms with E-state index in [0.717, 1.165) is 11.1 Å². The summed E-state index contributed by atoms with van der Waals surface area (Å²) in [6.45, 7) is 1.83. The number of pyridine rings is 2. The van der Waals surface area contributed by atoms with Crippen molar-refractivity contribution in [3.05, 3.63) is 94.9 Å². The second-order valence-corrected chi connectivity index (χ2v) is 6.52. The standard InChI is InChI=1S/C22H15FN4O/c1-14-25-19-18-8-5-13-24-21(18)27(16-6-3-2-4-7-16)22(28)20(19)26(14)17-11-9-15(23)10-12-17/h2-13H,1H3. The molecule has 0 atom stereocenters. The fourth-order valence-electron chi connectivity index (χ4n) is 3.60. The number of halogens is 1. The molecule has 3 aromatic heterocycles. The maximum Gasteiger partial charge on any atom is 0.283 e. The van der Waals surface area contributed by atoms with E-state index in [4.69, 9.17) is 0 Å². The van der Waals surface area contributed by atoms with Crippen molar-refractivity contribution < 1.29 is 4.39 Å². The molecule has 0 unspecified atom stereocenters. The normalized spacial score (nSPS) is 11.4. The highest BCUT2D eigenvalue weighted by Crippen LogP contribution is 2.26. The number of hydrogen-bond acceptors (Lipinski definition) is 3. The van der Waals surface area contributed by atoms with Crippen LogP contribution in [0.5, 0.6) is 0 Å². The highest BCUT2D eigenvalue weighted by atomic mass is 19.1. The van der Waals surface area contributed by atoms with E-state index >= 15 is 0 Å². The third-order valence-corrected chi connectivity index (χ3v) is 4.80. The first-order chi connectivity index (χ1) is 13.6. The van der Waals surface area contributed by atoms with E-state index in [9.17, 15) is 9.18 Å². The zero-order valence-electron chi connectivity index (χ0n) is 15.0. The molecule has 0 aliphatic carbocycles. The van der Waals surface area contributed by atoms with Crippen molar-refractivity contribution in [3.8, 4) is 11.4 Å². The summed E-state index contributed by atoms with van der Waals surface area (Å²) >= 11 is 0. The predicted molar refractivity (Wildman–Crippen MR) is 107 cm³/mol. The SMILES string of the molecule is Cc1nc2c3cccnc3n(-c3ccccc3)c(=O)c2n1-c1ccc(F)cc1. The molecular formula is C22H15FN4O. The maximum absolute atomic E-state index is 13.6. The highest BCUT2D eigenvalue weighted by Gasteiger charge is 2.20. The van der Waals surface area contributed by atoms with E-state index in [0.29, 0.717) is 28.2 Å². The van der Waals surface area contributed by atoms with E-state index in [1.807, 2.05) is 49.4 Å². The van der Waals surface area contributed by atoms with Crippen molar-refractivity contribution in [2.45, 2.75) is 6.92 Å². The van der Waals surface area contributed by atoms with E-state index in [2.05, 4.69) is 9.97 Å². The van der Waals surface area contributed by atoms with Crippen molar-refractivity contribution in [2.24, 2.45) is 0 Å². The lowest BCUT2D eigenvalue weighted by atomic mass is 10.2. The first-order valence-corrected chi connectivity index (χ1v) is 8.85. The van der Waals surface area contributed by atoms with Gasteiger partial charge in [0.15, 0.2) is 0 Å². The number of benzene rings is 2. The van der Waals surface area contributed by atoms with Gasteiger partial charge in [0.25, 0.3) is 5.56 Å². The molecule has 0 saturated carbocycles. The first-order valence-electron chi connectivity index (χ1n) is 8.85. The summed E-state index contributed by atoms with van der Waals surface area (Å²) in [6, 6.07) is 19.2. The predicted octanol–water partition coefficient (Wildman–Crippen LogP) is 4.17. The molecule has 0 bridgehead atoms. The van der Waals surface area contributed by atoms with Crippen LogP contribution < -0.4 is 5.56 Å². The van der Waals surface area contributed by atoms with Crippen molar-refractivity contribution in [1.29, 1.82) is 0 Å². The molecule has 0 radical (unpaired) electrons. The van der Waals surface area contributed by atoms with Gasteiger partial charge in [0.1, 0.15) is 28.3 Å². The molecule has 5 nitrogen and oxygen atoms in total. The maximum atomic E-state index is 13.6. The van der Waals surface area contributed by atoms with Gasteiger partial charge < -0.3 is 0 Å². The monoisotopic (exact) mass is 370 g/mol. The summed E-state index contributed by atoms with van der Waals surface area (Å²) < 4.78 is 16.8. The Bertz CT molecular complexity index is 1390. The highest BCUT2D eigenvalue weighted by molar-refractivity contribution is 6.02. The summed E-state index contributed by atoms with van der Waals surface area (Å²) in [5.41, 5.74) is 2.76. The zero-order valence-corrected chi connectivity index (χ0v) is 15.0. The van der Waals surface area contributed by atoms with Crippen LogP contribution in [0.4, 0.5) is 4.39 Å². The molecule has 0 amide bonds. The van der Waals surface area contributed by atoms with Crippen molar-refractivity contribution in [1.82, 2.24) is 19.1 Å². The number of aromatic nitrogens is 4. The van der Waals surface area contributed by atoms with Crippen LogP contribution in [0.3, 0.4) is 0 Å². The smallest absolute Gasteiger partial charge is 0.283 e. The van der Waals surface area contributed by atoms with Crippen molar-refractivity contribution >= 4 is 22.1 Å². The van der Waals surface area contributed by atoms with Gasteiger partial charge in [0.2, 0.25) is 0 Å². The third-order valence-electron chi connectivity index (χ3n) is 4.80. The van der Waals surface area contributed by atoms with Crippen LogP contribution in [0, 0.1) is 12.7 Å². The number of nitrogens with zero attached hydrogens (tertiary/aromatic N) is 4. The van der Waals surface area contributed by atoms with Crippen LogP contribution in [0.1, 0.15) is 5.82 Å². The van der Waals surface area contributed by atoms with Crippen molar-refractivity contribution in [3.63, 3.8) is 0 Å². The summed E-state index contributed by atoms with van der Waals surface area (Å²) in [5, 5.41) is 0.782. The molecule has 0 spiro atoms. The van der Waals surface area contributed by atoms with Crippen LogP contribution in [0.15, 0.2) is 77.7 Å². The Balaban J connectivity index is 1.98. The number of fused-ring (bicyclic) bond motifs is 3. The molecule has 2 aromatic carbocycles. The number of para-hydroxylation sites is 1. The molecule has 0 aliphatic heterocycles. The molecule has 28 heavy (non-hydrogen) atoms. The first kappa shape index (κ1) is 16.4. The minimum absolute atomic E-state index is 0.225. The van der Waals surface area contributed by atoms with Gasteiger partial charge in [-0.2, -0.15) is 0 Å². The van der Waals surface area contributed by atoms with Crippen molar-refractivity contribution in [2.75, 3.05) is 0 Å². The number of hydrogen-bond donors (Lipinski definition) is 0. The third kappa shape index (κ3) is 2.35. The lowest BCUT2D eigenvalue weighted by molar-refractivity contribution is 0.627. The molecule has 5 aromatic rings. The van der Waals surface area contributed by atoms with Gasteiger partial charge in [0, 0.05) is 17.3 Å². The Morgan fingerprint density at radius 3 is 2.32 bits per heavy atom. The molecular weight excluding hydrogens is 355 g/mol. The summed E-state index contributed by atoms with van der Waals surface area (Å²) in [7, 11) is 0. The summed E-state index contributed by atoms with van der Waals surface area (Å²) in [6.07, 6.45) is 1.66. The fraction of sp³-hybridized carbons (Fsp3) is 0.0455. The second-order valence-electron chi connectivity index (χ2n) is 6.52. The minimum Gasteiger partial charge on any atom is -0.292 e. The van der Waals surface area contributed by atoms with Gasteiger partial charge in [-0.1, -0.05) is 18.2 Å². The fourth-order valence-corrected chi connectivity index (χ4v) is 3.60. The van der Waals surface area contributed by atoms with E-state index in [1.165, 1.54) is 12.1 Å². The molecule has 5 rings (SSSR count). The van der Waals surface area contributed by atoms with Gasteiger partial charge in [-0.05, 0) is 55.5 Å². The zero-order chi connectivity index (χ0) is 19.3. The second kappa shape index (κ2) is 6.13. The lowest BCUT2D eigenvalue weighted by Gasteiger charge is -2.12. The van der Waals surface area contributed by atoms with Gasteiger partial charge in [0.05, 0.1) is 5.69 Å². The number of rotatable bonds is 2. The average Bonchev–Trinajstić information content (AvgIpc) is 3.07. The Morgan fingerprint density at radius 1 is 0.857 bits per heavy atom. The summed E-state index contributed by atoms with van der Waals surface area (Å²) in [5.74, 6) is 0.317. The molecule has 0 aliphatic rings. The van der Waals surface area contributed by atoms with Crippen LogP contribution >= 0.6 is 0 Å². The lowest BCUT2D eigenvalue weighted by Crippen LogP contribution is -2.21. The van der Waals surface area contributed by atoms with Crippen LogP contribution in [-0.4, -0.2) is 19.1 Å². The van der Waals surface area contributed by atoms with Crippen LogP contribution in [-0.2, 0) is 0 Å². The largest absolute Gasteiger partial charge is 0.292 e. The Morgan fingerprint density at radius 2 is 1.57 bits per heavy atom. The van der Waals surface area contributed by atoms with Crippen LogP contribution in [0.25, 0.3) is 33.4 Å². The minimum atomic E-state index is -0.331. The van der Waals surface area contributed by atoms with E-state index in [-0.39, 0.29) is 11.4 Å². The summed E-state index contributed by atoms with van der Waals surface area (Å²) in [4.78, 5) is 22.7. The Kier molecular flexibility index (Phi) is 3.58. The van der Waals surface area contributed by atoms with Crippen LogP contribution in [0.2, 0.25) is 0 Å². The average molecular weight is 370 g/mol.